The molecule has 4 nitrogen and oxygen atoms in total. The molecule has 126 valence electrons. The number of carbonyl (C=O) groups is 1. The van der Waals surface area contributed by atoms with Crippen molar-refractivity contribution in [1.29, 1.82) is 0 Å². The summed E-state index contributed by atoms with van der Waals surface area (Å²) >= 11 is 0. The van der Waals surface area contributed by atoms with Crippen LogP contribution in [0.15, 0.2) is 67.3 Å². The molecule has 0 saturated heterocycles. The lowest BCUT2D eigenvalue weighted by molar-refractivity contribution is -0.121. The topological polar surface area (TPSA) is 46.9 Å². The normalized spacial score (nSPS) is 15.8. The summed E-state index contributed by atoms with van der Waals surface area (Å²) in [5, 5.41) is 3.09. The molecule has 3 aromatic rings. The maximum absolute atomic E-state index is 12.4. The van der Waals surface area contributed by atoms with Gasteiger partial charge in [0.25, 0.3) is 0 Å². The molecule has 1 heterocycles. The van der Waals surface area contributed by atoms with Crippen molar-refractivity contribution < 1.29 is 4.79 Å². The van der Waals surface area contributed by atoms with E-state index in [4.69, 9.17) is 0 Å². The van der Waals surface area contributed by atoms with Gasteiger partial charge in [0.05, 0.1) is 12.0 Å². The maximum Gasteiger partial charge on any atom is 0.220 e. The molecule has 2 aromatic carbocycles. The van der Waals surface area contributed by atoms with Crippen molar-refractivity contribution in [3.05, 3.63) is 83.9 Å². The zero-order chi connectivity index (χ0) is 17.1. The van der Waals surface area contributed by atoms with Gasteiger partial charge in [-0.05, 0) is 41.5 Å². The number of amides is 1. The first kappa shape index (κ1) is 15.6. The smallest absolute Gasteiger partial charge is 0.220 e. The van der Waals surface area contributed by atoms with E-state index < -0.39 is 0 Å². The zero-order valence-electron chi connectivity index (χ0n) is 14.1. The van der Waals surface area contributed by atoms with Crippen LogP contribution in [0.1, 0.15) is 35.4 Å². The monoisotopic (exact) mass is 331 g/mol. The summed E-state index contributed by atoms with van der Waals surface area (Å²) in [6.45, 7) is 0.529. The van der Waals surface area contributed by atoms with Crippen LogP contribution in [-0.2, 0) is 17.8 Å². The van der Waals surface area contributed by atoms with Gasteiger partial charge in [0.2, 0.25) is 5.91 Å². The van der Waals surface area contributed by atoms with Gasteiger partial charge in [-0.3, -0.25) is 4.79 Å². The van der Waals surface area contributed by atoms with Crippen LogP contribution in [0.5, 0.6) is 0 Å². The number of benzene rings is 2. The second-order valence-electron chi connectivity index (χ2n) is 6.51. The van der Waals surface area contributed by atoms with E-state index in [1.54, 1.807) is 12.5 Å². The van der Waals surface area contributed by atoms with Crippen LogP contribution in [-0.4, -0.2) is 15.5 Å². The summed E-state index contributed by atoms with van der Waals surface area (Å²) in [7, 11) is 0. The Morgan fingerprint density at radius 1 is 1.16 bits per heavy atom. The lowest BCUT2D eigenvalue weighted by atomic mass is 9.97. The molecule has 0 fully saturated rings. The largest absolute Gasteiger partial charge is 0.352 e. The zero-order valence-corrected chi connectivity index (χ0v) is 14.1. The highest BCUT2D eigenvalue weighted by molar-refractivity contribution is 5.77. The number of aromatic nitrogens is 2. The summed E-state index contributed by atoms with van der Waals surface area (Å²) in [4.78, 5) is 16.6. The highest BCUT2D eigenvalue weighted by Gasteiger charge is 2.24. The molecule has 0 radical (unpaired) electrons. The van der Waals surface area contributed by atoms with Gasteiger partial charge in [-0.1, -0.05) is 42.5 Å². The van der Waals surface area contributed by atoms with Crippen molar-refractivity contribution in [2.24, 2.45) is 0 Å². The molecule has 1 aromatic heterocycles. The molecular weight excluding hydrogens is 310 g/mol. The van der Waals surface area contributed by atoms with Crippen LogP contribution in [0, 0.1) is 0 Å². The molecule has 0 saturated carbocycles. The van der Waals surface area contributed by atoms with Crippen molar-refractivity contribution in [3.8, 4) is 5.69 Å². The van der Waals surface area contributed by atoms with Crippen LogP contribution >= 0.6 is 0 Å². The first-order valence-corrected chi connectivity index (χ1v) is 8.72. The summed E-state index contributed by atoms with van der Waals surface area (Å²) in [6.07, 6.45) is 8.15. The number of hydrogen-bond acceptors (Lipinski definition) is 2. The Morgan fingerprint density at radius 2 is 2.00 bits per heavy atom. The molecule has 1 N–H and O–H groups in total. The minimum atomic E-state index is 0.113. The van der Waals surface area contributed by atoms with Crippen LogP contribution in [0.2, 0.25) is 0 Å². The molecule has 0 aliphatic heterocycles. The van der Waals surface area contributed by atoms with E-state index in [-0.39, 0.29) is 5.91 Å². The van der Waals surface area contributed by atoms with Gasteiger partial charge in [0, 0.05) is 25.4 Å². The van der Waals surface area contributed by atoms with Gasteiger partial charge in [-0.2, -0.15) is 0 Å². The van der Waals surface area contributed by atoms with E-state index in [9.17, 15) is 4.79 Å². The van der Waals surface area contributed by atoms with E-state index >= 15 is 0 Å². The number of nitrogens with one attached hydrogen (secondary N) is 1. The fourth-order valence-corrected chi connectivity index (χ4v) is 3.66. The molecule has 4 heteroatoms. The average Bonchev–Trinajstić information content (AvgIpc) is 3.31. The van der Waals surface area contributed by atoms with Crippen LogP contribution in [0.4, 0.5) is 0 Å². The van der Waals surface area contributed by atoms with E-state index in [0.29, 0.717) is 18.9 Å². The molecule has 1 aliphatic carbocycles. The third-order valence-corrected chi connectivity index (χ3v) is 4.94. The Labute approximate surface area is 147 Å². The van der Waals surface area contributed by atoms with Gasteiger partial charge < -0.3 is 9.88 Å². The third kappa shape index (κ3) is 3.33. The van der Waals surface area contributed by atoms with Crippen molar-refractivity contribution >= 4 is 5.91 Å². The Balaban J connectivity index is 1.41. The van der Waals surface area contributed by atoms with Crippen LogP contribution in [0.25, 0.3) is 5.69 Å². The average molecular weight is 331 g/mol. The molecule has 25 heavy (non-hydrogen) atoms. The Kier molecular flexibility index (Phi) is 4.34. The van der Waals surface area contributed by atoms with Gasteiger partial charge >= 0.3 is 0 Å². The second kappa shape index (κ2) is 6.93. The standard InChI is InChI=1S/C21H21N3O/c25-21(13-17-10-9-16-5-1-3-7-19(16)17)23-14-18-6-2-4-8-20(18)24-12-11-22-15-24/h1-8,11-12,15,17H,9-10,13-14H2,(H,23,25)/t17-/m1/s1. The molecular formula is C21H21N3O. The van der Waals surface area contributed by atoms with Crippen molar-refractivity contribution in [2.45, 2.75) is 31.7 Å². The van der Waals surface area contributed by atoms with E-state index in [0.717, 1.165) is 24.1 Å². The predicted octanol–water partition coefficient (Wildman–Crippen LogP) is 3.61. The number of nitrogens with zero attached hydrogens (tertiary/aromatic N) is 2. The number of carbonyl (C=O) groups excluding carboxylic acids is 1. The fraction of sp³-hybridized carbons (Fsp3) is 0.238. The Morgan fingerprint density at radius 3 is 2.88 bits per heavy atom. The maximum atomic E-state index is 12.4. The molecule has 1 amide bonds. The molecule has 4 rings (SSSR count). The van der Waals surface area contributed by atoms with Crippen LogP contribution < -0.4 is 5.32 Å². The first-order valence-electron chi connectivity index (χ1n) is 8.72. The Hall–Kier alpha value is -2.88. The lowest BCUT2D eigenvalue weighted by Gasteiger charge is -2.14. The van der Waals surface area contributed by atoms with Gasteiger partial charge in [-0.15, -0.1) is 0 Å². The summed E-state index contributed by atoms with van der Waals surface area (Å²) < 4.78 is 1.97. The number of hydrogen-bond donors (Lipinski definition) is 1. The van der Waals surface area contributed by atoms with Gasteiger partial charge in [0.15, 0.2) is 0 Å². The third-order valence-electron chi connectivity index (χ3n) is 4.94. The van der Waals surface area contributed by atoms with Crippen molar-refractivity contribution in [1.82, 2.24) is 14.9 Å². The molecule has 0 unspecified atom stereocenters. The summed E-state index contributed by atoms with van der Waals surface area (Å²) in [5.41, 5.74) is 4.87. The summed E-state index contributed by atoms with van der Waals surface area (Å²) in [6, 6.07) is 16.6. The van der Waals surface area contributed by atoms with E-state index in [1.807, 2.05) is 35.0 Å². The lowest BCUT2D eigenvalue weighted by Crippen LogP contribution is -2.24. The minimum Gasteiger partial charge on any atom is -0.352 e. The van der Waals surface area contributed by atoms with Gasteiger partial charge in [-0.25, -0.2) is 4.98 Å². The van der Waals surface area contributed by atoms with Crippen LogP contribution in [0.3, 0.4) is 0 Å². The molecule has 1 aliphatic rings. The molecule has 0 spiro atoms. The van der Waals surface area contributed by atoms with E-state index in [2.05, 4.69) is 34.6 Å². The molecule has 1 atom stereocenters. The number of fused-ring (bicyclic) bond motifs is 1. The number of rotatable bonds is 5. The van der Waals surface area contributed by atoms with Crippen molar-refractivity contribution in [2.75, 3.05) is 0 Å². The van der Waals surface area contributed by atoms with Crippen molar-refractivity contribution in [3.63, 3.8) is 0 Å². The highest BCUT2D eigenvalue weighted by Crippen LogP contribution is 2.35. The quantitative estimate of drug-likeness (QED) is 0.776. The fourth-order valence-electron chi connectivity index (χ4n) is 3.66. The Bertz CT molecular complexity index is 870. The SMILES string of the molecule is O=C(C[C@H]1CCc2ccccc21)NCc1ccccc1-n1ccnc1. The van der Waals surface area contributed by atoms with Gasteiger partial charge in [0.1, 0.15) is 0 Å². The number of para-hydroxylation sites is 1. The highest BCUT2D eigenvalue weighted by atomic mass is 16.1. The first-order chi connectivity index (χ1) is 12.3. The number of imidazole rings is 1. The number of aryl methyl sites for hydroxylation is 1. The minimum absolute atomic E-state index is 0.113. The second-order valence-corrected chi connectivity index (χ2v) is 6.51. The molecule has 0 bridgehead atoms. The van der Waals surface area contributed by atoms with E-state index in [1.165, 1.54) is 11.1 Å². The summed E-state index contributed by atoms with van der Waals surface area (Å²) in [5.74, 6) is 0.460. The predicted molar refractivity (Wildman–Crippen MR) is 97.5 cm³/mol.